The van der Waals surface area contributed by atoms with Gasteiger partial charge in [0.1, 0.15) is 11.7 Å². The molecule has 0 fully saturated rings. The molecule has 1 aliphatic heterocycles. The highest BCUT2D eigenvalue weighted by Gasteiger charge is 2.37. The third kappa shape index (κ3) is 3.78. The second kappa shape index (κ2) is 8.81. The highest BCUT2D eigenvalue weighted by molar-refractivity contribution is 5.99. The molecule has 3 rings (SSSR count). The van der Waals surface area contributed by atoms with Crippen molar-refractivity contribution in [3.63, 3.8) is 0 Å². The topological polar surface area (TPSA) is 102 Å². The average Bonchev–Trinajstić information content (AvgIpc) is 3.07. The number of anilines is 1. The number of amides is 1. The molecule has 0 saturated carbocycles. The summed E-state index contributed by atoms with van der Waals surface area (Å²) in [6.07, 6.45) is -0.820. The van der Waals surface area contributed by atoms with Crippen molar-refractivity contribution in [2.75, 3.05) is 40.9 Å². The predicted octanol–water partition coefficient (Wildman–Crippen LogP) is 2.97. The molecule has 0 aromatic heterocycles. The monoisotopic (exact) mass is 417 g/mol. The van der Waals surface area contributed by atoms with Gasteiger partial charge in [0.05, 0.1) is 42.0 Å². The van der Waals surface area contributed by atoms with Crippen molar-refractivity contribution in [1.82, 2.24) is 0 Å². The van der Waals surface area contributed by atoms with Gasteiger partial charge in [-0.15, -0.1) is 0 Å². The Balaban J connectivity index is 1.81. The van der Waals surface area contributed by atoms with Crippen LogP contribution in [0.2, 0.25) is 0 Å². The zero-order valence-corrected chi connectivity index (χ0v) is 17.4. The molecule has 1 aliphatic rings. The van der Waals surface area contributed by atoms with E-state index in [1.807, 2.05) is 0 Å². The third-order valence-electron chi connectivity index (χ3n) is 4.70. The summed E-state index contributed by atoms with van der Waals surface area (Å²) in [7, 11) is 7.38. The van der Waals surface area contributed by atoms with Gasteiger partial charge in [0, 0.05) is 23.4 Å². The van der Waals surface area contributed by atoms with Crippen LogP contribution in [0.1, 0.15) is 28.4 Å². The largest absolute Gasteiger partial charge is 0.493 e. The molecule has 9 nitrogen and oxygen atoms in total. The van der Waals surface area contributed by atoms with Crippen LogP contribution in [0.5, 0.6) is 28.7 Å². The summed E-state index contributed by atoms with van der Waals surface area (Å²) in [6.45, 7) is 0. The van der Waals surface area contributed by atoms with Crippen LogP contribution in [-0.4, -0.2) is 47.4 Å². The van der Waals surface area contributed by atoms with Crippen LogP contribution in [0.3, 0.4) is 0 Å². The fraction of sp³-hybridized carbons (Fsp3) is 0.333. The molecule has 0 radical (unpaired) electrons. The number of esters is 1. The van der Waals surface area contributed by atoms with Gasteiger partial charge in [-0.1, -0.05) is 6.07 Å². The molecule has 160 valence electrons. The Kier molecular flexibility index (Phi) is 6.20. The van der Waals surface area contributed by atoms with Crippen molar-refractivity contribution in [2.45, 2.75) is 12.5 Å². The van der Waals surface area contributed by atoms with E-state index in [4.69, 9.17) is 28.4 Å². The average molecular weight is 417 g/mol. The summed E-state index contributed by atoms with van der Waals surface area (Å²) in [6, 6.07) is 6.59. The zero-order chi connectivity index (χ0) is 21.8. The van der Waals surface area contributed by atoms with Crippen molar-refractivity contribution in [2.24, 2.45) is 0 Å². The van der Waals surface area contributed by atoms with Crippen molar-refractivity contribution in [3.8, 4) is 28.7 Å². The van der Waals surface area contributed by atoms with Gasteiger partial charge in [0.2, 0.25) is 11.7 Å². The lowest BCUT2D eigenvalue weighted by molar-refractivity contribution is -0.118. The Labute approximate surface area is 173 Å². The molecule has 1 atom stereocenters. The molecule has 9 heteroatoms. The molecule has 0 aliphatic carbocycles. The van der Waals surface area contributed by atoms with Gasteiger partial charge in [-0.3, -0.25) is 4.79 Å². The number of fused-ring (bicyclic) bond motifs is 1. The smallest absolute Gasteiger partial charge is 0.343 e. The first-order valence-corrected chi connectivity index (χ1v) is 9.03. The minimum Gasteiger partial charge on any atom is -0.493 e. The second-order valence-electron chi connectivity index (χ2n) is 6.33. The van der Waals surface area contributed by atoms with Crippen LogP contribution in [0.25, 0.3) is 0 Å². The van der Waals surface area contributed by atoms with E-state index in [1.54, 1.807) is 24.3 Å². The standard InChI is InChI=1S/C21H23NO8/c1-25-13-7-6-12-14(30-21(24)18(12)20(13)29-5)10-17(23)22-11-8-15(26-2)19(28-4)16(9-11)27-3/h6-9,14H,10H2,1-5H3,(H,22,23)/t14-/m1/s1. The van der Waals surface area contributed by atoms with E-state index in [1.165, 1.54) is 35.5 Å². The van der Waals surface area contributed by atoms with Gasteiger partial charge in [-0.2, -0.15) is 0 Å². The first-order chi connectivity index (χ1) is 14.5. The Morgan fingerprint density at radius 3 is 2.03 bits per heavy atom. The van der Waals surface area contributed by atoms with E-state index >= 15 is 0 Å². The van der Waals surface area contributed by atoms with Gasteiger partial charge < -0.3 is 33.7 Å². The number of carbonyl (C=O) groups excluding carboxylic acids is 2. The van der Waals surface area contributed by atoms with E-state index in [0.717, 1.165) is 0 Å². The van der Waals surface area contributed by atoms with Crippen LogP contribution < -0.4 is 29.0 Å². The Morgan fingerprint density at radius 1 is 0.900 bits per heavy atom. The molecule has 0 saturated heterocycles. The van der Waals surface area contributed by atoms with E-state index in [-0.39, 0.29) is 23.6 Å². The first kappa shape index (κ1) is 21.1. The molecule has 2 aromatic rings. The number of rotatable bonds is 8. The van der Waals surface area contributed by atoms with E-state index in [2.05, 4.69) is 5.32 Å². The normalized spacial score (nSPS) is 14.4. The molecular formula is C21H23NO8. The number of methoxy groups -OCH3 is 5. The lowest BCUT2D eigenvalue weighted by atomic mass is 10.0. The van der Waals surface area contributed by atoms with Crippen LogP contribution >= 0.6 is 0 Å². The summed E-state index contributed by atoms with van der Waals surface area (Å²) in [4.78, 5) is 25.0. The maximum absolute atomic E-state index is 12.6. The molecule has 1 N–H and O–H groups in total. The van der Waals surface area contributed by atoms with Crippen LogP contribution in [0, 0.1) is 0 Å². The van der Waals surface area contributed by atoms with Gasteiger partial charge in [-0.25, -0.2) is 4.79 Å². The summed E-state index contributed by atoms with van der Waals surface area (Å²) in [5.74, 6) is 1.00. The van der Waals surface area contributed by atoms with Crippen LogP contribution in [-0.2, 0) is 9.53 Å². The molecule has 1 amide bonds. The number of hydrogen-bond acceptors (Lipinski definition) is 8. The number of hydrogen-bond donors (Lipinski definition) is 1. The van der Waals surface area contributed by atoms with Gasteiger partial charge in [0.15, 0.2) is 23.0 Å². The molecule has 0 unspecified atom stereocenters. The SMILES string of the molecule is COc1cc(NC(=O)C[C@H]2OC(=O)c3c2ccc(OC)c3OC)cc(OC)c1OC. The lowest BCUT2D eigenvalue weighted by Gasteiger charge is -2.15. The van der Waals surface area contributed by atoms with Crippen LogP contribution in [0.15, 0.2) is 24.3 Å². The molecular weight excluding hydrogens is 394 g/mol. The summed E-state index contributed by atoms with van der Waals surface area (Å²) in [5, 5.41) is 2.76. The molecule has 30 heavy (non-hydrogen) atoms. The quantitative estimate of drug-likeness (QED) is 0.654. The van der Waals surface area contributed by atoms with Crippen molar-refractivity contribution in [1.29, 1.82) is 0 Å². The number of ether oxygens (including phenoxy) is 6. The zero-order valence-electron chi connectivity index (χ0n) is 17.4. The summed E-state index contributed by atoms with van der Waals surface area (Å²) >= 11 is 0. The van der Waals surface area contributed by atoms with E-state index in [0.29, 0.717) is 34.2 Å². The fourth-order valence-corrected chi connectivity index (χ4v) is 3.36. The highest BCUT2D eigenvalue weighted by atomic mass is 16.6. The maximum atomic E-state index is 12.6. The van der Waals surface area contributed by atoms with Crippen molar-refractivity contribution in [3.05, 3.63) is 35.4 Å². The third-order valence-corrected chi connectivity index (χ3v) is 4.70. The summed E-state index contributed by atoms with van der Waals surface area (Å²) < 4.78 is 31.8. The van der Waals surface area contributed by atoms with Gasteiger partial charge >= 0.3 is 5.97 Å². The van der Waals surface area contributed by atoms with E-state index < -0.39 is 12.1 Å². The number of cyclic esters (lactones) is 1. The van der Waals surface area contributed by atoms with Crippen molar-refractivity contribution < 1.29 is 38.0 Å². The minimum absolute atomic E-state index is 0.0785. The van der Waals surface area contributed by atoms with Gasteiger partial charge in [0.25, 0.3) is 0 Å². The molecule has 0 bridgehead atoms. The summed E-state index contributed by atoms with van der Waals surface area (Å²) in [5.41, 5.74) is 1.28. The molecule has 1 heterocycles. The highest BCUT2D eigenvalue weighted by Crippen LogP contribution is 2.43. The fourth-order valence-electron chi connectivity index (χ4n) is 3.36. The molecule has 0 spiro atoms. The van der Waals surface area contributed by atoms with E-state index in [9.17, 15) is 9.59 Å². The molecule has 2 aromatic carbocycles. The van der Waals surface area contributed by atoms with Crippen molar-refractivity contribution >= 4 is 17.6 Å². The number of benzene rings is 2. The lowest BCUT2D eigenvalue weighted by Crippen LogP contribution is -2.16. The maximum Gasteiger partial charge on any atom is 0.343 e. The number of nitrogens with one attached hydrogen (secondary N) is 1. The number of carbonyl (C=O) groups is 2. The Morgan fingerprint density at radius 2 is 1.50 bits per heavy atom. The first-order valence-electron chi connectivity index (χ1n) is 9.03. The van der Waals surface area contributed by atoms with Gasteiger partial charge in [-0.05, 0) is 6.07 Å². The minimum atomic E-state index is -0.741. The Bertz CT molecular complexity index is 947. The van der Waals surface area contributed by atoms with Crippen LogP contribution in [0.4, 0.5) is 5.69 Å². The Hall–Kier alpha value is -3.62. The predicted molar refractivity (Wildman–Crippen MR) is 107 cm³/mol. The second-order valence-corrected chi connectivity index (χ2v) is 6.33.